The standard InChI is InChI=1S/C21H21ClFN3O4S2.ClH/c1-32(28,29)17-7-3-6-16-19(17)24-21(31-16)26(9-8-25-10-12-30-13-11-25)20(27)18-14(22)4-2-5-15(18)23;/h2-7H,8-13H2,1H3;1H. The van der Waals surface area contributed by atoms with Gasteiger partial charge in [0.15, 0.2) is 15.0 Å². The third-order valence-electron chi connectivity index (χ3n) is 5.17. The van der Waals surface area contributed by atoms with Crippen molar-refractivity contribution in [1.82, 2.24) is 9.88 Å². The first-order chi connectivity index (χ1) is 15.3. The van der Waals surface area contributed by atoms with Crippen LogP contribution in [-0.2, 0) is 14.6 Å². The Balaban J connectivity index is 0.00000306. The number of nitrogens with zero attached hydrogens (tertiary/aromatic N) is 3. The summed E-state index contributed by atoms with van der Waals surface area (Å²) >= 11 is 7.34. The highest BCUT2D eigenvalue weighted by molar-refractivity contribution is 7.91. The number of thiazole rings is 1. The van der Waals surface area contributed by atoms with Crippen LogP contribution >= 0.6 is 35.3 Å². The Morgan fingerprint density at radius 3 is 2.61 bits per heavy atom. The topological polar surface area (TPSA) is 79.8 Å². The van der Waals surface area contributed by atoms with Gasteiger partial charge in [0.2, 0.25) is 0 Å². The largest absolute Gasteiger partial charge is 0.379 e. The third kappa shape index (κ3) is 5.64. The molecule has 0 aliphatic carbocycles. The second-order valence-corrected chi connectivity index (χ2v) is 10.8. The number of hydrogen-bond donors (Lipinski definition) is 0. The Hall–Kier alpha value is -1.82. The molecule has 1 amide bonds. The van der Waals surface area contributed by atoms with Crippen molar-refractivity contribution in [2.75, 3.05) is 50.5 Å². The maximum atomic E-state index is 14.5. The van der Waals surface area contributed by atoms with Gasteiger partial charge in [-0.3, -0.25) is 14.6 Å². The Kier molecular flexibility index (Phi) is 8.31. The number of aromatic nitrogens is 1. The summed E-state index contributed by atoms with van der Waals surface area (Å²) in [6.45, 7) is 3.41. The zero-order valence-electron chi connectivity index (χ0n) is 17.7. The molecule has 0 unspecified atom stereocenters. The summed E-state index contributed by atoms with van der Waals surface area (Å²) in [5.41, 5.74) is 0.0533. The highest BCUT2D eigenvalue weighted by Crippen LogP contribution is 2.34. The molecule has 0 atom stereocenters. The molecule has 7 nitrogen and oxygen atoms in total. The highest BCUT2D eigenvalue weighted by atomic mass is 35.5. The van der Waals surface area contributed by atoms with E-state index < -0.39 is 21.6 Å². The minimum atomic E-state index is -3.52. The van der Waals surface area contributed by atoms with Crippen LogP contribution in [0.2, 0.25) is 5.02 Å². The van der Waals surface area contributed by atoms with Crippen LogP contribution in [0.15, 0.2) is 41.3 Å². The number of halogens is 3. The molecule has 1 saturated heterocycles. The van der Waals surface area contributed by atoms with Crippen LogP contribution in [0.4, 0.5) is 9.52 Å². The van der Waals surface area contributed by atoms with Crippen LogP contribution in [0.1, 0.15) is 10.4 Å². The Morgan fingerprint density at radius 1 is 1.24 bits per heavy atom. The third-order valence-corrected chi connectivity index (χ3v) is 7.65. The molecule has 0 spiro atoms. The number of fused-ring (bicyclic) bond motifs is 1. The minimum Gasteiger partial charge on any atom is -0.379 e. The van der Waals surface area contributed by atoms with Crippen molar-refractivity contribution in [3.8, 4) is 0 Å². The van der Waals surface area contributed by atoms with E-state index in [9.17, 15) is 17.6 Å². The molecule has 0 N–H and O–H groups in total. The van der Waals surface area contributed by atoms with Gasteiger partial charge >= 0.3 is 0 Å². The molecule has 2 aromatic carbocycles. The Bertz CT molecular complexity index is 1240. The van der Waals surface area contributed by atoms with Crippen LogP contribution in [0.3, 0.4) is 0 Å². The number of hydrogen-bond acceptors (Lipinski definition) is 7. The number of amides is 1. The number of para-hydroxylation sites is 1. The van der Waals surface area contributed by atoms with Gasteiger partial charge in [0.1, 0.15) is 11.3 Å². The van der Waals surface area contributed by atoms with E-state index in [0.29, 0.717) is 30.0 Å². The lowest BCUT2D eigenvalue weighted by Crippen LogP contribution is -2.43. The summed E-state index contributed by atoms with van der Waals surface area (Å²) < 4.78 is 44.9. The van der Waals surface area contributed by atoms with E-state index in [1.807, 2.05) is 0 Å². The van der Waals surface area contributed by atoms with Crippen molar-refractivity contribution in [3.05, 3.63) is 52.8 Å². The van der Waals surface area contributed by atoms with Crippen molar-refractivity contribution in [2.24, 2.45) is 0 Å². The summed E-state index contributed by atoms with van der Waals surface area (Å²) in [5, 5.41) is 0.290. The smallest absolute Gasteiger partial charge is 0.264 e. The van der Waals surface area contributed by atoms with Gasteiger partial charge in [0.05, 0.1) is 33.4 Å². The lowest BCUT2D eigenvalue weighted by Gasteiger charge is -2.29. The number of carbonyl (C=O) groups is 1. The van der Waals surface area contributed by atoms with E-state index >= 15 is 0 Å². The number of benzene rings is 2. The Labute approximate surface area is 206 Å². The molecule has 178 valence electrons. The second-order valence-electron chi connectivity index (χ2n) is 7.38. The van der Waals surface area contributed by atoms with Gasteiger partial charge in [-0.2, -0.15) is 0 Å². The zero-order chi connectivity index (χ0) is 22.9. The molecule has 0 radical (unpaired) electrons. The van der Waals surface area contributed by atoms with Gasteiger partial charge < -0.3 is 4.74 Å². The number of sulfone groups is 1. The van der Waals surface area contributed by atoms with Crippen LogP contribution in [0.5, 0.6) is 0 Å². The maximum absolute atomic E-state index is 14.5. The predicted octanol–water partition coefficient (Wildman–Crippen LogP) is 3.89. The van der Waals surface area contributed by atoms with Crippen molar-refractivity contribution >= 4 is 66.4 Å². The van der Waals surface area contributed by atoms with E-state index in [2.05, 4.69) is 9.88 Å². The number of morpholine rings is 1. The lowest BCUT2D eigenvalue weighted by molar-refractivity contribution is 0.0391. The zero-order valence-corrected chi connectivity index (χ0v) is 20.9. The number of ether oxygens (including phenoxy) is 1. The highest BCUT2D eigenvalue weighted by Gasteiger charge is 2.27. The van der Waals surface area contributed by atoms with Crippen LogP contribution in [0, 0.1) is 5.82 Å². The average Bonchev–Trinajstić information content (AvgIpc) is 3.17. The average molecular weight is 534 g/mol. The molecule has 2 heterocycles. The van der Waals surface area contributed by atoms with Crippen molar-refractivity contribution < 1.29 is 22.3 Å². The molecule has 1 aromatic heterocycles. The number of carbonyl (C=O) groups excluding carboxylic acids is 1. The monoisotopic (exact) mass is 533 g/mol. The Morgan fingerprint density at radius 2 is 1.94 bits per heavy atom. The van der Waals surface area contributed by atoms with Crippen molar-refractivity contribution in [1.29, 1.82) is 0 Å². The fourth-order valence-electron chi connectivity index (χ4n) is 3.51. The fourth-order valence-corrected chi connectivity index (χ4v) is 5.67. The predicted molar refractivity (Wildman–Crippen MR) is 130 cm³/mol. The van der Waals surface area contributed by atoms with Gasteiger partial charge in [0, 0.05) is 32.4 Å². The minimum absolute atomic E-state index is 0. The summed E-state index contributed by atoms with van der Waals surface area (Å²) in [6, 6.07) is 8.93. The summed E-state index contributed by atoms with van der Waals surface area (Å²) in [6.07, 6.45) is 1.11. The molecule has 12 heteroatoms. The quantitative estimate of drug-likeness (QED) is 0.478. The van der Waals surface area contributed by atoms with Gasteiger partial charge in [-0.1, -0.05) is 35.1 Å². The van der Waals surface area contributed by atoms with E-state index in [1.165, 1.54) is 40.5 Å². The lowest BCUT2D eigenvalue weighted by atomic mass is 10.2. The molecule has 1 aliphatic heterocycles. The number of rotatable bonds is 6. The second kappa shape index (κ2) is 10.6. The van der Waals surface area contributed by atoms with Gasteiger partial charge in [0.25, 0.3) is 5.91 Å². The first kappa shape index (κ1) is 25.8. The van der Waals surface area contributed by atoms with E-state index in [-0.39, 0.29) is 39.6 Å². The van der Waals surface area contributed by atoms with E-state index in [1.54, 1.807) is 12.1 Å². The van der Waals surface area contributed by atoms with Crippen LogP contribution < -0.4 is 4.90 Å². The van der Waals surface area contributed by atoms with Crippen molar-refractivity contribution in [2.45, 2.75) is 4.90 Å². The molecular formula is C21H22Cl2FN3O4S2. The van der Waals surface area contributed by atoms with Crippen molar-refractivity contribution in [3.63, 3.8) is 0 Å². The first-order valence-electron chi connectivity index (χ1n) is 9.91. The molecule has 3 aromatic rings. The summed E-state index contributed by atoms with van der Waals surface area (Å²) in [7, 11) is -3.52. The summed E-state index contributed by atoms with van der Waals surface area (Å²) in [5.74, 6) is -1.35. The van der Waals surface area contributed by atoms with Crippen LogP contribution in [0.25, 0.3) is 10.2 Å². The maximum Gasteiger partial charge on any atom is 0.264 e. The van der Waals surface area contributed by atoms with Crippen LogP contribution in [-0.4, -0.2) is 69.9 Å². The molecule has 0 saturated carbocycles. The fraction of sp³-hybridized carbons (Fsp3) is 0.333. The number of anilines is 1. The van der Waals surface area contributed by atoms with Gasteiger partial charge in [-0.25, -0.2) is 17.8 Å². The summed E-state index contributed by atoms with van der Waals surface area (Å²) in [4.78, 5) is 21.5. The molecule has 4 rings (SSSR count). The molecule has 1 fully saturated rings. The van der Waals surface area contributed by atoms with E-state index in [4.69, 9.17) is 16.3 Å². The first-order valence-corrected chi connectivity index (χ1v) is 13.0. The molecule has 0 bridgehead atoms. The molecular weight excluding hydrogens is 512 g/mol. The van der Waals surface area contributed by atoms with Gasteiger partial charge in [-0.05, 0) is 24.3 Å². The van der Waals surface area contributed by atoms with E-state index in [0.717, 1.165) is 19.3 Å². The van der Waals surface area contributed by atoms with Gasteiger partial charge in [-0.15, -0.1) is 12.4 Å². The SMILES string of the molecule is CS(=O)(=O)c1cccc2sc(N(CCN3CCOCC3)C(=O)c3c(F)cccc3Cl)nc12.Cl. The molecule has 1 aliphatic rings. The normalized spacial score (nSPS) is 14.8. The molecule has 33 heavy (non-hydrogen) atoms.